The van der Waals surface area contributed by atoms with Crippen LogP contribution >= 0.6 is 11.8 Å². The Morgan fingerprint density at radius 1 is 1.22 bits per heavy atom. The lowest BCUT2D eigenvalue weighted by atomic mass is 9.92. The molecule has 1 rings (SSSR count). The Bertz CT molecular complexity index is 339. The van der Waals surface area contributed by atoms with Gasteiger partial charge in [-0.25, -0.2) is 0 Å². The molecule has 0 saturated carbocycles. The molecule has 3 heteroatoms. The Hall–Kier alpha value is -0.510. The predicted octanol–water partition coefficient (Wildman–Crippen LogP) is 3.39. The lowest BCUT2D eigenvalue weighted by Gasteiger charge is -2.21. The van der Waals surface area contributed by atoms with Crippen molar-refractivity contribution in [3.05, 3.63) is 29.8 Å². The first-order chi connectivity index (χ1) is 8.58. The third-order valence-electron chi connectivity index (χ3n) is 3.32. The first-order valence-corrected chi connectivity index (χ1v) is 7.73. The van der Waals surface area contributed by atoms with Gasteiger partial charge >= 0.3 is 0 Å². The lowest BCUT2D eigenvalue weighted by Crippen LogP contribution is -2.34. The molecule has 0 heterocycles. The van der Waals surface area contributed by atoms with Gasteiger partial charge in [0.05, 0.1) is 6.10 Å². The molecule has 0 amide bonds. The summed E-state index contributed by atoms with van der Waals surface area (Å²) >= 11 is 1.85. The summed E-state index contributed by atoms with van der Waals surface area (Å²) in [6, 6.07) is 8.53. The monoisotopic (exact) mass is 267 g/mol. The summed E-state index contributed by atoms with van der Waals surface area (Å²) in [7, 11) is 0. The summed E-state index contributed by atoms with van der Waals surface area (Å²) in [4.78, 5) is 1.30. The molecule has 102 valence electrons. The van der Waals surface area contributed by atoms with Crippen LogP contribution in [0.5, 0.6) is 0 Å². The molecule has 18 heavy (non-hydrogen) atoms. The Morgan fingerprint density at radius 2 is 1.83 bits per heavy atom. The van der Waals surface area contributed by atoms with Crippen LogP contribution in [0.3, 0.4) is 0 Å². The molecule has 0 spiro atoms. The van der Waals surface area contributed by atoms with E-state index in [1.807, 2.05) is 18.7 Å². The van der Waals surface area contributed by atoms with Gasteiger partial charge in [0, 0.05) is 10.9 Å². The van der Waals surface area contributed by atoms with Gasteiger partial charge in [-0.2, -0.15) is 0 Å². The van der Waals surface area contributed by atoms with Gasteiger partial charge < -0.3 is 10.8 Å². The number of hydrogen-bond donors (Lipinski definition) is 2. The molecule has 1 aromatic carbocycles. The Labute approximate surface area is 115 Å². The largest absolute Gasteiger partial charge is 0.391 e. The van der Waals surface area contributed by atoms with Crippen LogP contribution in [0.1, 0.15) is 45.1 Å². The van der Waals surface area contributed by atoms with Crippen LogP contribution in [0.4, 0.5) is 0 Å². The summed E-state index contributed by atoms with van der Waals surface area (Å²) in [6.07, 6.45) is 1.14. The van der Waals surface area contributed by atoms with Crippen molar-refractivity contribution in [2.24, 2.45) is 5.73 Å². The van der Waals surface area contributed by atoms with E-state index >= 15 is 0 Å². The van der Waals surface area contributed by atoms with E-state index < -0.39 is 6.10 Å². The molecule has 3 atom stereocenters. The molecular formula is C15H25NOS. The molecule has 0 aliphatic rings. The highest BCUT2D eigenvalue weighted by Gasteiger charge is 2.17. The maximum Gasteiger partial charge on any atom is 0.0696 e. The van der Waals surface area contributed by atoms with Crippen molar-refractivity contribution in [2.45, 2.75) is 56.6 Å². The van der Waals surface area contributed by atoms with E-state index in [-0.39, 0.29) is 6.04 Å². The molecular weight excluding hydrogens is 242 g/mol. The first kappa shape index (κ1) is 15.5. The zero-order valence-electron chi connectivity index (χ0n) is 11.6. The zero-order valence-corrected chi connectivity index (χ0v) is 12.4. The molecule has 0 radical (unpaired) electrons. The first-order valence-electron chi connectivity index (χ1n) is 6.74. The number of benzene rings is 1. The molecule has 1 aromatic rings. The van der Waals surface area contributed by atoms with E-state index in [1.165, 1.54) is 10.5 Å². The SMILES string of the molecule is CCSc1ccc(C(C)CC(O)C(N)CC)cc1. The Morgan fingerprint density at radius 3 is 2.33 bits per heavy atom. The van der Waals surface area contributed by atoms with Gasteiger partial charge in [-0.05, 0) is 42.2 Å². The molecule has 3 N–H and O–H groups in total. The molecule has 0 saturated heterocycles. The minimum absolute atomic E-state index is 0.109. The number of aliphatic hydroxyl groups excluding tert-OH is 1. The van der Waals surface area contributed by atoms with Crippen LogP contribution in [-0.2, 0) is 0 Å². The van der Waals surface area contributed by atoms with Crippen molar-refractivity contribution < 1.29 is 5.11 Å². The van der Waals surface area contributed by atoms with Crippen molar-refractivity contribution in [1.29, 1.82) is 0 Å². The molecule has 0 aromatic heterocycles. The van der Waals surface area contributed by atoms with E-state index in [0.717, 1.165) is 18.6 Å². The number of aliphatic hydroxyl groups is 1. The van der Waals surface area contributed by atoms with Crippen LogP contribution < -0.4 is 5.73 Å². The van der Waals surface area contributed by atoms with Gasteiger partial charge in [-0.3, -0.25) is 0 Å². The predicted molar refractivity (Wildman–Crippen MR) is 80.1 cm³/mol. The van der Waals surface area contributed by atoms with Crippen LogP contribution in [0.25, 0.3) is 0 Å². The van der Waals surface area contributed by atoms with Crippen LogP contribution in [0.2, 0.25) is 0 Å². The summed E-state index contributed by atoms with van der Waals surface area (Å²) in [5, 5.41) is 9.96. The highest BCUT2D eigenvalue weighted by atomic mass is 32.2. The van der Waals surface area contributed by atoms with Crippen LogP contribution in [0.15, 0.2) is 29.2 Å². The number of nitrogens with two attached hydrogens (primary N) is 1. The molecule has 2 nitrogen and oxygen atoms in total. The smallest absolute Gasteiger partial charge is 0.0696 e. The van der Waals surface area contributed by atoms with Gasteiger partial charge in [-0.15, -0.1) is 11.8 Å². The Kier molecular flexibility index (Phi) is 6.76. The molecule has 0 fully saturated rings. The topological polar surface area (TPSA) is 46.2 Å². The average molecular weight is 267 g/mol. The number of thioether (sulfide) groups is 1. The zero-order chi connectivity index (χ0) is 13.5. The third-order valence-corrected chi connectivity index (χ3v) is 4.21. The second-order valence-corrected chi connectivity index (χ2v) is 6.12. The van der Waals surface area contributed by atoms with Crippen molar-refractivity contribution in [1.82, 2.24) is 0 Å². The standard InChI is InChI=1S/C15H25NOS/c1-4-14(16)15(17)10-11(3)12-6-8-13(9-7-12)18-5-2/h6-9,11,14-15,17H,4-5,10,16H2,1-3H3. The lowest BCUT2D eigenvalue weighted by molar-refractivity contribution is 0.126. The van der Waals surface area contributed by atoms with E-state index in [0.29, 0.717) is 5.92 Å². The van der Waals surface area contributed by atoms with Gasteiger partial charge in [0.1, 0.15) is 0 Å². The molecule has 0 aliphatic heterocycles. The van der Waals surface area contributed by atoms with Crippen LogP contribution in [0, 0.1) is 0 Å². The summed E-state index contributed by atoms with van der Waals surface area (Å²) < 4.78 is 0. The number of hydrogen-bond acceptors (Lipinski definition) is 3. The Balaban J connectivity index is 2.58. The molecule has 0 aliphatic carbocycles. The fourth-order valence-corrected chi connectivity index (χ4v) is 2.67. The van der Waals surface area contributed by atoms with Crippen molar-refractivity contribution >= 4 is 11.8 Å². The van der Waals surface area contributed by atoms with Crippen molar-refractivity contribution in [3.8, 4) is 0 Å². The third kappa shape index (κ3) is 4.63. The van der Waals surface area contributed by atoms with Gasteiger partial charge in [0.2, 0.25) is 0 Å². The minimum Gasteiger partial charge on any atom is -0.391 e. The van der Waals surface area contributed by atoms with E-state index in [9.17, 15) is 5.11 Å². The fourth-order valence-electron chi connectivity index (χ4n) is 2.00. The molecule has 3 unspecified atom stereocenters. The number of rotatable bonds is 7. The van der Waals surface area contributed by atoms with E-state index in [4.69, 9.17) is 5.73 Å². The van der Waals surface area contributed by atoms with Crippen molar-refractivity contribution in [3.63, 3.8) is 0 Å². The minimum atomic E-state index is -0.408. The maximum absolute atomic E-state index is 9.96. The summed E-state index contributed by atoms with van der Waals surface area (Å²) in [6.45, 7) is 6.31. The fraction of sp³-hybridized carbons (Fsp3) is 0.600. The van der Waals surface area contributed by atoms with Crippen molar-refractivity contribution in [2.75, 3.05) is 5.75 Å². The second-order valence-electron chi connectivity index (χ2n) is 4.78. The average Bonchev–Trinajstić information content (AvgIpc) is 2.38. The van der Waals surface area contributed by atoms with E-state index in [1.54, 1.807) is 0 Å². The normalized spacial score (nSPS) is 16.3. The summed E-state index contributed by atoms with van der Waals surface area (Å²) in [5.41, 5.74) is 7.13. The molecule has 0 bridgehead atoms. The van der Waals surface area contributed by atoms with Gasteiger partial charge in [0.15, 0.2) is 0 Å². The van der Waals surface area contributed by atoms with Gasteiger partial charge in [-0.1, -0.05) is 32.9 Å². The van der Waals surface area contributed by atoms with Crippen LogP contribution in [-0.4, -0.2) is 23.0 Å². The maximum atomic E-state index is 9.96. The quantitative estimate of drug-likeness (QED) is 0.744. The highest BCUT2D eigenvalue weighted by molar-refractivity contribution is 7.99. The van der Waals surface area contributed by atoms with E-state index in [2.05, 4.69) is 38.1 Å². The summed E-state index contributed by atoms with van der Waals surface area (Å²) in [5.74, 6) is 1.44. The van der Waals surface area contributed by atoms with Gasteiger partial charge in [0.25, 0.3) is 0 Å². The second kappa shape index (κ2) is 7.82. The highest BCUT2D eigenvalue weighted by Crippen LogP contribution is 2.25.